The van der Waals surface area contributed by atoms with Gasteiger partial charge in [-0.3, -0.25) is 9.10 Å². The van der Waals surface area contributed by atoms with Gasteiger partial charge >= 0.3 is 0 Å². The number of nitrogens with zero attached hydrogens (tertiary/aromatic N) is 1. The Kier molecular flexibility index (Phi) is 6.30. The summed E-state index contributed by atoms with van der Waals surface area (Å²) in [6.07, 6.45) is 0.563. The number of rotatable bonds is 5. The highest BCUT2D eigenvalue weighted by Gasteiger charge is 2.36. The molecule has 0 bridgehead atoms. The molecule has 0 aromatic heterocycles. The maximum absolute atomic E-state index is 13.4. The summed E-state index contributed by atoms with van der Waals surface area (Å²) in [6.45, 7) is 12.0. The van der Waals surface area contributed by atoms with Crippen LogP contribution in [0.5, 0.6) is 0 Å². The zero-order valence-electron chi connectivity index (χ0n) is 20.6. The van der Waals surface area contributed by atoms with Crippen molar-refractivity contribution in [3.05, 3.63) is 93.5 Å². The Labute approximate surface area is 202 Å². The predicted octanol–water partition coefficient (Wildman–Crippen LogP) is 5.55. The number of amides is 1. The average Bonchev–Trinajstić information content (AvgIpc) is 3.12. The molecule has 3 aromatic rings. The van der Waals surface area contributed by atoms with E-state index in [9.17, 15) is 13.2 Å². The molecule has 6 heteroatoms. The van der Waals surface area contributed by atoms with E-state index < -0.39 is 10.0 Å². The molecule has 1 amide bonds. The van der Waals surface area contributed by atoms with Crippen molar-refractivity contribution in [1.82, 2.24) is 5.32 Å². The van der Waals surface area contributed by atoms with Gasteiger partial charge in [0.25, 0.3) is 15.9 Å². The molecule has 1 heterocycles. The molecule has 2 atom stereocenters. The fourth-order valence-corrected chi connectivity index (χ4v) is 6.43. The molecule has 1 aliphatic heterocycles. The summed E-state index contributed by atoms with van der Waals surface area (Å²) in [5.74, 6) is -0.166. The highest BCUT2D eigenvalue weighted by Crippen LogP contribution is 2.37. The van der Waals surface area contributed by atoms with Crippen molar-refractivity contribution >= 4 is 21.6 Å². The Morgan fingerprint density at radius 3 is 2.26 bits per heavy atom. The van der Waals surface area contributed by atoms with Gasteiger partial charge in [0.05, 0.1) is 16.6 Å². The van der Waals surface area contributed by atoms with Crippen molar-refractivity contribution in [3.8, 4) is 0 Å². The molecular formula is C28H32N2O3S. The van der Waals surface area contributed by atoms with E-state index in [1.165, 1.54) is 15.4 Å². The van der Waals surface area contributed by atoms with E-state index in [4.69, 9.17) is 0 Å². The van der Waals surface area contributed by atoms with Crippen molar-refractivity contribution in [2.45, 2.75) is 64.9 Å². The smallest absolute Gasteiger partial charge is 0.264 e. The predicted molar refractivity (Wildman–Crippen MR) is 137 cm³/mol. The van der Waals surface area contributed by atoms with Crippen LogP contribution in [0.25, 0.3) is 0 Å². The normalized spacial score (nSPS) is 16.3. The summed E-state index contributed by atoms with van der Waals surface area (Å²) in [4.78, 5) is 13.3. The zero-order valence-corrected chi connectivity index (χ0v) is 21.5. The average molecular weight is 477 g/mol. The molecule has 1 N–H and O–H groups in total. The minimum atomic E-state index is -3.69. The number of hydrogen-bond donors (Lipinski definition) is 1. The molecule has 4 rings (SSSR count). The second-order valence-electron chi connectivity index (χ2n) is 9.50. The highest BCUT2D eigenvalue weighted by atomic mass is 32.2. The number of carbonyl (C=O) groups is 1. The van der Waals surface area contributed by atoms with Crippen LogP contribution in [0, 0.1) is 27.7 Å². The maximum Gasteiger partial charge on any atom is 0.264 e. The third-order valence-electron chi connectivity index (χ3n) is 6.77. The minimum Gasteiger partial charge on any atom is -0.346 e. The number of anilines is 1. The lowest BCUT2D eigenvalue weighted by Gasteiger charge is -2.24. The number of nitrogens with one attached hydrogen (secondary N) is 1. The molecule has 0 unspecified atom stereocenters. The summed E-state index contributed by atoms with van der Waals surface area (Å²) in [5.41, 5.74) is 7.73. The van der Waals surface area contributed by atoms with Gasteiger partial charge in [-0.05, 0) is 106 Å². The Hall–Kier alpha value is -3.12. The molecule has 0 radical (unpaired) electrons. The van der Waals surface area contributed by atoms with E-state index in [0.29, 0.717) is 17.7 Å². The largest absolute Gasteiger partial charge is 0.346 e. The topological polar surface area (TPSA) is 66.5 Å². The van der Waals surface area contributed by atoms with Gasteiger partial charge in [0, 0.05) is 11.6 Å². The fourth-order valence-electron chi connectivity index (χ4n) is 4.74. The van der Waals surface area contributed by atoms with Crippen molar-refractivity contribution in [1.29, 1.82) is 0 Å². The molecule has 3 aromatic carbocycles. The van der Waals surface area contributed by atoms with Gasteiger partial charge in [0.2, 0.25) is 0 Å². The Morgan fingerprint density at radius 1 is 0.941 bits per heavy atom. The van der Waals surface area contributed by atoms with Gasteiger partial charge in [-0.25, -0.2) is 8.42 Å². The van der Waals surface area contributed by atoms with Crippen molar-refractivity contribution in [3.63, 3.8) is 0 Å². The van der Waals surface area contributed by atoms with Crippen LogP contribution < -0.4 is 9.62 Å². The van der Waals surface area contributed by atoms with Crippen LogP contribution in [0.2, 0.25) is 0 Å². The SMILES string of the molecule is Cc1ccc(S(=O)(=O)N2c3ccc(C(=O)N[C@@H](C)c4cc(C)c(C)cc4C)cc3C[C@@H]2C)cc1. The first kappa shape index (κ1) is 24.0. The van der Waals surface area contributed by atoms with E-state index in [1.54, 1.807) is 36.4 Å². The van der Waals surface area contributed by atoms with Gasteiger partial charge in [0.1, 0.15) is 0 Å². The van der Waals surface area contributed by atoms with Crippen LogP contribution in [0.1, 0.15) is 63.6 Å². The molecule has 0 aliphatic carbocycles. The summed E-state index contributed by atoms with van der Waals surface area (Å²) in [6, 6.07) is 16.1. The first-order valence-electron chi connectivity index (χ1n) is 11.6. The van der Waals surface area contributed by atoms with E-state index in [1.807, 2.05) is 26.8 Å². The molecule has 34 heavy (non-hydrogen) atoms. The number of aryl methyl sites for hydroxylation is 4. The van der Waals surface area contributed by atoms with Crippen molar-refractivity contribution in [2.75, 3.05) is 4.31 Å². The summed E-state index contributed by atoms with van der Waals surface area (Å²) >= 11 is 0. The second kappa shape index (κ2) is 8.91. The molecule has 0 saturated carbocycles. The Morgan fingerprint density at radius 2 is 1.59 bits per heavy atom. The summed E-state index contributed by atoms with van der Waals surface area (Å²) in [5, 5.41) is 3.10. The van der Waals surface area contributed by atoms with Crippen LogP contribution in [0.4, 0.5) is 5.69 Å². The Bertz CT molecular complexity index is 1360. The zero-order chi connectivity index (χ0) is 24.8. The number of hydrogen-bond acceptors (Lipinski definition) is 3. The molecular weight excluding hydrogens is 444 g/mol. The lowest BCUT2D eigenvalue weighted by molar-refractivity contribution is 0.0939. The number of carbonyl (C=O) groups excluding carboxylic acids is 1. The molecule has 0 fully saturated rings. The van der Waals surface area contributed by atoms with Crippen LogP contribution in [-0.2, 0) is 16.4 Å². The van der Waals surface area contributed by atoms with Crippen LogP contribution in [0.15, 0.2) is 59.5 Å². The monoisotopic (exact) mass is 476 g/mol. The van der Waals surface area contributed by atoms with Gasteiger partial charge in [-0.2, -0.15) is 0 Å². The standard InChI is InChI=1S/C28H32N2O3S/c1-17-7-10-25(11-8-17)34(32,33)30-21(5)15-24-16-23(9-12-27(24)30)28(31)29-22(6)26-14-19(3)18(2)13-20(26)4/h7-14,16,21-22H,15H2,1-6H3,(H,29,31)/t21-,22-/m0/s1. The second-order valence-corrected chi connectivity index (χ2v) is 11.3. The lowest BCUT2D eigenvalue weighted by atomic mass is 9.96. The molecule has 178 valence electrons. The fraction of sp³-hybridized carbons (Fsp3) is 0.321. The van der Waals surface area contributed by atoms with Crippen LogP contribution in [-0.4, -0.2) is 20.4 Å². The third kappa shape index (κ3) is 4.34. The number of sulfonamides is 1. The minimum absolute atomic E-state index is 0.141. The quantitative estimate of drug-likeness (QED) is 0.525. The van der Waals surface area contributed by atoms with Gasteiger partial charge in [-0.1, -0.05) is 29.8 Å². The number of fused-ring (bicyclic) bond motifs is 1. The molecule has 1 aliphatic rings. The van der Waals surface area contributed by atoms with Gasteiger partial charge in [0.15, 0.2) is 0 Å². The van der Waals surface area contributed by atoms with Gasteiger partial charge in [-0.15, -0.1) is 0 Å². The van der Waals surface area contributed by atoms with Gasteiger partial charge < -0.3 is 5.32 Å². The van der Waals surface area contributed by atoms with E-state index >= 15 is 0 Å². The van der Waals surface area contributed by atoms with E-state index in [-0.39, 0.29) is 22.9 Å². The van der Waals surface area contributed by atoms with Crippen LogP contribution >= 0.6 is 0 Å². The maximum atomic E-state index is 13.4. The first-order chi connectivity index (χ1) is 16.0. The van der Waals surface area contributed by atoms with Crippen molar-refractivity contribution in [2.24, 2.45) is 0 Å². The Balaban J connectivity index is 1.58. The summed E-state index contributed by atoms with van der Waals surface area (Å²) in [7, 11) is -3.69. The molecule has 0 saturated heterocycles. The van der Waals surface area contributed by atoms with E-state index in [2.05, 4.69) is 38.2 Å². The van der Waals surface area contributed by atoms with Crippen LogP contribution in [0.3, 0.4) is 0 Å². The molecule has 0 spiro atoms. The number of benzene rings is 3. The molecule has 5 nitrogen and oxygen atoms in total. The third-order valence-corrected chi connectivity index (χ3v) is 8.71. The lowest BCUT2D eigenvalue weighted by Crippen LogP contribution is -2.35. The van der Waals surface area contributed by atoms with E-state index in [0.717, 1.165) is 22.3 Å². The highest BCUT2D eigenvalue weighted by molar-refractivity contribution is 7.92. The van der Waals surface area contributed by atoms with Crippen molar-refractivity contribution < 1.29 is 13.2 Å². The summed E-state index contributed by atoms with van der Waals surface area (Å²) < 4.78 is 28.2. The first-order valence-corrected chi connectivity index (χ1v) is 13.1.